The molecule has 0 nitrogen and oxygen atoms in total. The lowest BCUT2D eigenvalue weighted by molar-refractivity contribution is -0.362. The molecule has 0 atom stereocenters. The van der Waals surface area contributed by atoms with Gasteiger partial charge in [0, 0.05) is 0 Å². The zero-order valence-corrected chi connectivity index (χ0v) is 9.50. The normalized spacial score (nSPS) is 16.6. The summed E-state index contributed by atoms with van der Waals surface area (Å²) in [5.41, 5.74) is 0. The number of halogens is 14. The smallest absolute Gasteiger partial charge is 0.244 e. The summed E-state index contributed by atoms with van der Waals surface area (Å²) >= 11 is 0. The van der Waals surface area contributed by atoms with Crippen LogP contribution in [0.5, 0.6) is 0 Å². The molecule has 0 aromatic heterocycles. The highest BCUT2D eigenvalue weighted by atomic mass is 19.4. The van der Waals surface area contributed by atoms with Crippen molar-refractivity contribution < 1.29 is 61.5 Å². The van der Waals surface area contributed by atoms with E-state index in [2.05, 4.69) is 0 Å². The molecule has 0 heterocycles. The maximum Gasteiger partial charge on any atom is 0.445 e. The van der Waals surface area contributed by atoms with Gasteiger partial charge in [0.25, 0.3) is 0 Å². The molecule has 0 aliphatic rings. The van der Waals surface area contributed by atoms with Crippen molar-refractivity contribution in [1.82, 2.24) is 0 Å². The predicted molar refractivity (Wildman–Crippen MR) is 41.1 cm³/mol. The minimum absolute atomic E-state index is 3.63. The fourth-order valence-corrected chi connectivity index (χ4v) is 0.911. The van der Waals surface area contributed by atoms with E-state index in [1.807, 2.05) is 0 Å². The monoisotopic (exact) mass is 364 g/mol. The van der Waals surface area contributed by atoms with E-state index in [1.165, 1.54) is 0 Å². The number of hydrogen-bond donors (Lipinski definition) is 0. The van der Waals surface area contributed by atoms with Crippen LogP contribution in [0.4, 0.5) is 61.5 Å². The minimum atomic E-state index is -7.58. The van der Waals surface area contributed by atoms with E-state index in [1.54, 1.807) is 0 Å². The van der Waals surface area contributed by atoms with Gasteiger partial charge in [-0.25, -0.2) is 8.78 Å². The maximum absolute atomic E-state index is 12.7. The van der Waals surface area contributed by atoms with Crippen LogP contribution in [0.2, 0.25) is 0 Å². The second-order valence-electron chi connectivity index (χ2n) is 3.69. The van der Waals surface area contributed by atoms with Gasteiger partial charge in [0.15, 0.2) is 6.67 Å². The highest BCUT2D eigenvalue weighted by molar-refractivity contribution is 5.21. The number of rotatable bonds is 5. The zero-order chi connectivity index (χ0) is 18.4. The van der Waals surface area contributed by atoms with Crippen molar-refractivity contribution in [2.75, 3.05) is 6.67 Å². The van der Waals surface area contributed by atoms with Crippen LogP contribution in [-0.2, 0) is 0 Å². The van der Waals surface area contributed by atoms with Crippen LogP contribution < -0.4 is 0 Å². The molecule has 0 saturated carbocycles. The van der Waals surface area contributed by atoms with Crippen molar-refractivity contribution in [2.45, 2.75) is 29.9 Å². The summed E-state index contributed by atoms with van der Waals surface area (Å²) in [5.74, 6) is -38.0. The fraction of sp³-hybridized carbons (Fsp3) is 0.750. The van der Waals surface area contributed by atoms with Gasteiger partial charge >= 0.3 is 29.9 Å². The standard InChI is InChI=1S/C8H2F14/c9-1-4(12,13)7(19,20)8(21,22)5(14,15)2(10)3(11)6(16,17)18/h1H2. The molecule has 0 fully saturated rings. The van der Waals surface area contributed by atoms with Gasteiger partial charge in [0.05, 0.1) is 0 Å². The van der Waals surface area contributed by atoms with Gasteiger partial charge in [-0.1, -0.05) is 0 Å². The predicted octanol–water partition coefficient (Wildman–Crippen LogP) is 5.21. The molecule has 0 bridgehead atoms. The Morgan fingerprint density at radius 1 is 0.591 bits per heavy atom. The van der Waals surface area contributed by atoms with Crippen LogP contribution in [0.1, 0.15) is 0 Å². The van der Waals surface area contributed by atoms with Crippen LogP contribution in [0.25, 0.3) is 0 Å². The first-order valence-electron chi connectivity index (χ1n) is 4.58. The largest absolute Gasteiger partial charge is 0.445 e. The Hall–Kier alpha value is -1.24. The van der Waals surface area contributed by atoms with Crippen molar-refractivity contribution in [1.29, 1.82) is 0 Å². The summed E-state index contributed by atoms with van der Waals surface area (Å²) in [6.07, 6.45) is -6.62. The molecule has 0 rings (SSSR count). The summed E-state index contributed by atoms with van der Waals surface area (Å²) in [6, 6.07) is 0. The van der Waals surface area contributed by atoms with Gasteiger partial charge in [0.1, 0.15) is 0 Å². The lowest BCUT2D eigenvalue weighted by atomic mass is 9.98. The highest BCUT2D eigenvalue weighted by Gasteiger charge is 2.82. The minimum Gasteiger partial charge on any atom is -0.244 e. The van der Waals surface area contributed by atoms with Crippen LogP contribution in [-0.4, -0.2) is 36.5 Å². The molecule has 14 heteroatoms. The topological polar surface area (TPSA) is 0 Å². The molecule has 0 N–H and O–H groups in total. The molecule has 0 unspecified atom stereocenters. The van der Waals surface area contributed by atoms with E-state index in [0.717, 1.165) is 0 Å². The third-order valence-corrected chi connectivity index (χ3v) is 2.13. The van der Waals surface area contributed by atoms with Crippen LogP contribution in [0.15, 0.2) is 11.7 Å². The van der Waals surface area contributed by atoms with E-state index in [4.69, 9.17) is 0 Å². The summed E-state index contributed by atoms with van der Waals surface area (Å²) in [7, 11) is 0. The molecule has 0 aliphatic carbocycles. The van der Waals surface area contributed by atoms with Gasteiger partial charge in [-0.05, 0) is 0 Å². The summed E-state index contributed by atoms with van der Waals surface area (Å²) in [4.78, 5) is 0. The second kappa shape index (κ2) is 5.44. The first-order chi connectivity index (χ1) is 9.38. The maximum atomic E-state index is 12.7. The van der Waals surface area contributed by atoms with Gasteiger partial charge in [-0.15, -0.1) is 0 Å². The van der Waals surface area contributed by atoms with Crippen molar-refractivity contribution in [3.8, 4) is 0 Å². The van der Waals surface area contributed by atoms with Gasteiger partial charge < -0.3 is 0 Å². The lowest BCUT2D eigenvalue weighted by Crippen LogP contribution is -2.63. The number of alkyl halides is 12. The molecule has 0 aromatic rings. The third-order valence-electron chi connectivity index (χ3n) is 2.13. The van der Waals surface area contributed by atoms with Crippen molar-refractivity contribution in [3.63, 3.8) is 0 Å². The van der Waals surface area contributed by atoms with Gasteiger partial charge in [-0.2, -0.15) is 52.7 Å². The second-order valence-corrected chi connectivity index (χ2v) is 3.69. The molecule has 132 valence electrons. The van der Waals surface area contributed by atoms with Gasteiger partial charge in [0.2, 0.25) is 11.7 Å². The fourth-order valence-electron chi connectivity index (χ4n) is 0.911. The zero-order valence-electron chi connectivity index (χ0n) is 9.50. The Kier molecular flexibility index (Phi) is 5.13. The molecular weight excluding hydrogens is 362 g/mol. The summed E-state index contributed by atoms with van der Waals surface area (Å²) in [6.45, 7) is -3.63. The summed E-state index contributed by atoms with van der Waals surface area (Å²) < 4.78 is 171. The summed E-state index contributed by atoms with van der Waals surface area (Å²) in [5, 5.41) is 0. The first-order valence-corrected chi connectivity index (χ1v) is 4.58. The van der Waals surface area contributed by atoms with Crippen LogP contribution >= 0.6 is 0 Å². The third kappa shape index (κ3) is 2.95. The van der Waals surface area contributed by atoms with E-state index < -0.39 is 48.2 Å². The molecule has 0 aliphatic heterocycles. The Morgan fingerprint density at radius 2 is 0.955 bits per heavy atom. The molecule has 22 heavy (non-hydrogen) atoms. The highest BCUT2D eigenvalue weighted by Crippen LogP contribution is 2.56. The number of allylic oxidation sites excluding steroid dienone is 2. The van der Waals surface area contributed by atoms with E-state index in [9.17, 15) is 61.5 Å². The van der Waals surface area contributed by atoms with E-state index in [0.29, 0.717) is 0 Å². The van der Waals surface area contributed by atoms with Crippen molar-refractivity contribution in [3.05, 3.63) is 11.7 Å². The average molecular weight is 364 g/mol. The Morgan fingerprint density at radius 3 is 1.23 bits per heavy atom. The average Bonchev–Trinajstić information content (AvgIpc) is 2.34. The molecular formula is C8H2F14. The quantitative estimate of drug-likeness (QED) is 0.588. The van der Waals surface area contributed by atoms with E-state index >= 15 is 0 Å². The molecule has 0 saturated heterocycles. The Balaban J connectivity index is 6.21. The molecule has 0 amide bonds. The Bertz CT molecular complexity index is 440. The lowest BCUT2D eigenvalue weighted by Gasteiger charge is -2.35. The van der Waals surface area contributed by atoms with Gasteiger partial charge in [-0.3, -0.25) is 0 Å². The van der Waals surface area contributed by atoms with Crippen LogP contribution in [0, 0.1) is 0 Å². The SMILES string of the molecule is FCC(F)(F)C(F)(F)C(F)(F)C(F)(F)C(F)=C(F)C(F)(F)F. The van der Waals surface area contributed by atoms with Crippen LogP contribution in [0.3, 0.4) is 0 Å². The van der Waals surface area contributed by atoms with Crippen molar-refractivity contribution in [2.24, 2.45) is 0 Å². The molecule has 0 spiro atoms. The number of hydrogen-bond acceptors (Lipinski definition) is 0. The molecule has 0 aromatic carbocycles. The molecule has 0 radical (unpaired) electrons. The van der Waals surface area contributed by atoms with Crippen molar-refractivity contribution >= 4 is 0 Å². The first kappa shape index (κ1) is 20.8. The Labute approximate surface area is 111 Å². The van der Waals surface area contributed by atoms with E-state index in [-0.39, 0.29) is 0 Å².